The highest BCUT2D eigenvalue weighted by atomic mass is 16.1. The first-order chi connectivity index (χ1) is 9.65. The van der Waals surface area contributed by atoms with Crippen molar-refractivity contribution in [3.8, 4) is 0 Å². The van der Waals surface area contributed by atoms with E-state index < -0.39 is 0 Å². The van der Waals surface area contributed by atoms with Crippen molar-refractivity contribution in [3.63, 3.8) is 0 Å². The summed E-state index contributed by atoms with van der Waals surface area (Å²) in [5.74, 6) is 0.190. The molecule has 3 nitrogen and oxygen atoms in total. The molecule has 0 spiro atoms. The Labute approximate surface area is 119 Å². The number of H-pyrrole nitrogens is 1. The van der Waals surface area contributed by atoms with E-state index in [0.717, 1.165) is 16.5 Å². The molecule has 3 heteroatoms. The number of hydrogen-bond donors (Lipinski definition) is 2. The predicted octanol–water partition coefficient (Wildman–Crippen LogP) is 3.50. The van der Waals surface area contributed by atoms with Gasteiger partial charge < -0.3 is 10.3 Å². The minimum atomic E-state index is 0.190. The highest BCUT2D eigenvalue weighted by Gasteiger charge is 2.18. The number of carbonyl (C=O) groups excluding carboxylic acids is 1. The van der Waals surface area contributed by atoms with Crippen molar-refractivity contribution >= 4 is 16.7 Å². The molecule has 1 saturated carbocycles. The van der Waals surface area contributed by atoms with Crippen molar-refractivity contribution in [2.24, 2.45) is 0 Å². The third-order valence-corrected chi connectivity index (χ3v) is 4.33. The van der Waals surface area contributed by atoms with Crippen LogP contribution < -0.4 is 5.32 Å². The van der Waals surface area contributed by atoms with Gasteiger partial charge in [-0.2, -0.15) is 0 Å². The van der Waals surface area contributed by atoms with Gasteiger partial charge in [-0.15, -0.1) is 0 Å². The Bertz CT molecular complexity index is 636. The van der Waals surface area contributed by atoms with E-state index in [4.69, 9.17) is 0 Å². The average Bonchev–Trinajstić information content (AvgIpc) is 3.04. The Hall–Kier alpha value is -1.61. The fourth-order valence-corrected chi connectivity index (χ4v) is 3.34. The lowest BCUT2D eigenvalue weighted by Gasteiger charge is -2.10. The SMILES string of the molecule is Cc1cc(C)c2c(C(=O)CNC3CCCC3)c[nH]c2c1. The number of nitrogens with one attached hydrogen (secondary N) is 2. The summed E-state index contributed by atoms with van der Waals surface area (Å²) in [6.45, 7) is 4.60. The van der Waals surface area contributed by atoms with Crippen LogP contribution in [-0.2, 0) is 0 Å². The molecule has 1 aromatic heterocycles. The van der Waals surface area contributed by atoms with Crippen LogP contribution >= 0.6 is 0 Å². The topological polar surface area (TPSA) is 44.9 Å². The van der Waals surface area contributed by atoms with E-state index in [1.807, 2.05) is 6.20 Å². The van der Waals surface area contributed by atoms with Crippen LogP contribution in [0.1, 0.15) is 47.2 Å². The van der Waals surface area contributed by atoms with Crippen LogP contribution in [0.2, 0.25) is 0 Å². The van der Waals surface area contributed by atoms with Gasteiger partial charge in [0.15, 0.2) is 5.78 Å². The van der Waals surface area contributed by atoms with E-state index >= 15 is 0 Å². The molecular formula is C17H22N2O. The fraction of sp³-hybridized carbons (Fsp3) is 0.471. The van der Waals surface area contributed by atoms with Gasteiger partial charge in [0.1, 0.15) is 0 Å². The maximum atomic E-state index is 12.4. The summed E-state index contributed by atoms with van der Waals surface area (Å²) < 4.78 is 0. The highest BCUT2D eigenvalue weighted by molar-refractivity contribution is 6.09. The van der Waals surface area contributed by atoms with E-state index in [-0.39, 0.29) is 5.78 Å². The normalized spacial score (nSPS) is 16.1. The first-order valence-electron chi connectivity index (χ1n) is 7.50. The molecule has 20 heavy (non-hydrogen) atoms. The maximum absolute atomic E-state index is 12.4. The van der Waals surface area contributed by atoms with Crippen molar-refractivity contribution in [2.75, 3.05) is 6.54 Å². The number of carbonyl (C=O) groups is 1. The molecule has 1 heterocycles. The summed E-state index contributed by atoms with van der Waals surface area (Å²) in [6, 6.07) is 4.77. The van der Waals surface area contributed by atoms with Crippen LogP contribution in [0.4, 0.5) is 0 Å². The summed E-state index contributed by atoms with van der Waals surface area (Å²) in [5.41, 5.74) is 4.28. The van der Waals surface area contributed by atoms with Gasteiger partial charge in [0.2, 0.25) is 0 Å². The molecule has 1 aromatic carbocycles. The van der Waals surface area contributed by atoms with E-state index in [1.165, 1.54) is 36.8 Å². The Balaban J connectivity index is 1.80. The second kappa shape index (κ2) is 5.41. The first kappa shape index (κ1) is 13.4. The second-order valence-electron chi connectivity index (χ2n) is 5.99. The molecule has 0 aliphatic heterocycles. The number of rotatable bonds is 4. The maximum Gasteiger partial charge on any atom is 0.178 e. The summed E-state index contributed by atoms with van der Waals surface area (Å²) in [7, 11) is 0. The smallest absolute Gasteiger partial charge is 0.178 e. The molecule has 0 bridgehead atoms. The minimum absolute atomic E-state index is 0.190. The summed E-state index contributed by atoms with van der Waals surface area (Å²) in [5, 5.41) is 4.48. The van der Waals surface area contributed by atoms with Crippen LogP contribution in [-0.4, -0.2) is 23.4 Å². The van der Waals surface area contributed by atoms with E-state index in [1.54, 1.807) is 0 Å². The van der Waals surface area contributed by atoms with E-state index in [2.05, 4.69) is 36.3 Å². The molecule has 2 N–H and O–H groups in total. The Morgan fingerprint density at radius 3 is 2.80 bits per heavy atom. The van der Waals surface area contributed by atoms with Gasteiger partial charge in [-0.3, -0.25) is 4.79 Å². The summed E-state index contributed by atoms with van der Waals surface area (Å²) >= 11 is 0. The van der Waals surface area contributed by atoms with Gasteiger partial charge in [-0.25, -0.2) is 0 Å². The molecule has 0 saturated heterocycles. The largest absolute Gasteiger partial charge is 0.360 e. The van der Waals surface area contributed by atoms with Gasteiger partial charge in [-0.1, -0.05) is 18.9 Å². The van der Waals surface area contributed by atoms with Crippen LogP contribution in [0.5, 0.6) is 0 Å². The number of aryl methyl sites for hydroxylation is 2. The quantitative estimate of drug-likeness (QED) is 0.835. The lowest BCUT2D eigenvalue weighted by molar-refractivity contribution is 0.0989. The molecule has 1 fully saturated rings. The van der Waals surface area contributed by atoms with Crippen molar-refractivity contribution < 1.29 is 4.79 Å². The Morgan fingerprint density at radius 2 is 2.05 bits per heavy atom. The molecule has 0 unspecified atom stereocenters. The van der Waals surface area contributed by atoms with Crippen LogP contribution in [0, 0.1) is 13.8 Å². The number of aromatic amines is 1. The molecule has 0 radical (unpaired) electrons. The molecule has 0 amide bonds. The van der Waals surface area contributed by atoms with Crippen LogP contribution in [0.15, 0.2) is 18.3 Å². The summed E-state index contributed by atoms with van der Waals surface area (Å²) in [6.07, 6.45) is 6.85. The van der Waals surface area contributed by atoms with Gasteiger partial charge in [0, 0.05) is 28.7 Å². The molecule has 1 aliphatic carbocycles. The van der Waals surface area contributed by atoms with Gasteiger partial charge in [-0.05, 0) is 43.9 Å². The van der Waals surface area contributed by atoms with Gasteiger partial charge >= 0.3 is 0 Å². The number of hydrogen-bond acceptors (Lipinski definition) is 2. The number of benzene rings is 1. The zero-order valence-electron chi connectivity index (χ0n) is 12.3. The Morgan fingerprint density at radius 1 is 1.30 bits per heavy atom. The lowest BCUT2D eigenvalue weighted by atomic mass is 10.0. The molecule has 0 atom stereocenters. The van der Waals surface area contributed by atoms with Crippen molar-refractivity contribution in [1.29, 1.82) is 0 Å². The standard InChI is InChI=1S/C17H22N2O/c1-11-7-12(2)17-14(9-19-15(17)8-11)16(20)10-18-13-5-3-4-6-13/h7-9,13,18-19H,3-6,10H2,1-2H3. The molecule has 1 aliphatic rings. The zero-order valence-corrected chi connectivity index (χ0v) is 12.3. The lowest BCUT2D eigenvalue weighted by Crippen LogP contribution is -2.31. The Kier molecular flexibility index (Phi) is 3.62. The van der Waals surface area contributed by atoms with Crippen LogP contribution in [0.3, 0.4) is 0 Å². The number of fused-ring (bicyclic) bond motifs is 1. The van der Waals surface area contributed by atoms with Crippen molar-refractivity contribution in [2.45, 2.75) is 45.6 Å². The third-order valence-electron chi connectivity index (χ3n) is 4.33. The van der Waals surface area contributed by atoms with E-state index in [0.29, 0.717) is 12.6 Å². The second-order valence-corrected chi connectivity index (χ2v) is 5.99. The molecule has 106 valence electrons. The number of Topliss-reactive ketones (excluding diaryl/α,β-unsaturated/α-hetero) is 1. The minimum Gasteiger partial charge on any atom is -0.360 e. The zero-order chi connectivity index (χ0) is 14.1. The van der Waals surface area contributed by atoms with Crippen LogP contribution in [0.25, 0.3) is 10.9 Å². The monoisotopic (exact) mass is 270 g/mol. The highest BCUT2D eigenvalue weighted by Crippen LogP contribution is 2.24. The van der Waals surface area contributed by atoms with Gasteiger partial charge in [0.05, 0.1) is 6.54 Å². The fourth-order valence-electron chi connectivity index (χ4n) is 3.34. The molecule has 3 rings (SSSR count). The first-order valence-corrected chi connectivity index (χ1v) is 7.50. The van der Waals surface area contributed by atoms with Gasteiger partial charge in [0.25, 0.3) is 0 Å². The third kappa shape index (κ3) is 2.50. The predicted molar refractivity (Wildman–Crippen MR) is 82.4 cm³/mol. The number of ketones is 1. The van der Waals surface area contributed by atoms with Crippen molar-refractivity contribution in [1.82, 2.24) is 10.3 Å². The van der Waals surface area contributed by atoms with Crippen molar-refractivity contribution in [3.05, 3.63) is 35.0 Å². The van der Waals surface area contributed by atoms with E-state index in [9.17, 15) is 4.79 Å². The molecule has 2 aromatic rings. The average molecular weight is 270 g/mol. The number of aromatic nitrogens is 1. The molecular weight excluding hydrogens is 248 g/mol. The summed E-state index contributed by atoms with van der Waals surface area (Å²) in [4.78, 5) is 15.7.